The van der Waals surface area contributed by atoms with Gasteiger partial charge in [0.25, 0.3) is 0 Å². The van der Waals surface area contributed by atoms with E-state index in [1.54, 1.807) is 12.1 Å². The summed E-state index contributed by atoms with van der Waals surface area (Å²) in [7, 11) is 0. The van der Waals surface area contributed by atoms with E-state index < -0.39 is 0 Å². The molecule has 2 heteroatoms. The second kappa shape index (κ2) is 5.71. The predicted molar refractivity (Wildman–Crippen MR) is 86.3 cm³/mol. The van der Waals surface area contributed by atoms with E-state index in [1.165, 1.54) is 5.56 Å². The molecule has 0 bridgehead atoms. The third kappa shape index (κ3) is 2.90. The number of nitrogens with two attached hydrogens (primary N) is 1. The van der Waals surface area contributed by atoms with Gasteiger partial charge in [0.2, 0.25) is 0 Å². The van der Waals surface area contributed by atoms with Gasteiger partial charge in [0, 0.05) is 11.6 Å². The molecule has 0 aromatic heterocycles. The van der Waals surface area contributed by atoms with Crippen LogP contribution in [0.5, 0.6) is 5.75 Å². The molecule has 0 aliphatic heterocycles. The molecule has 0 radical (unpaired) electrons. The Kier molecular flexibility index (Phi) is 3.61. The molecule has 1 atom stereocenters. The Hall–Kier alpha value is -2.74. The van der Waals surface area contributed by atoms with Crippen LogP contribution in [0.2, 0.25) is 0 Å². The van der Waals surface area contributed by atoms with Gasteiger partial charge >= 0.3 is 0 Å². The minimum atomic E-state index is 0.0572. The highest BCUT2D eigenvalue weighted by atomic mass is 16.3. The molecule has 0 heterocycles. The molecule has 3 rings (SSSR count). The Bertz CT molecular complexity index is 692. The molecule has 0 aliphatic carbocycles. The summed E-state index contributed by atoms with van der Waals surface area (Å²) in [6.07, 6.45) is 0. The van der Waals surface area contributed by atoms with E-state index in [0.717, 1.165) is 16.8 Å². The summed E-state index contributed by atoms with van der Waals surface area (Å²) in [5, 5.41) is 9.79. The predicted octanol–water partition coefficient (Wildman–Crippen LogP) is 4.15. The maximum atomic E-state index is 9.79. The SMILES string of the molecule is Nc1cccc(C(c2ccccc2)c2cccc(O)c2)c1. The van der Waals surface area contributed by atoms with E-state index in [1.807, 2.05) is 48.5 Å². The van der Waals surface area contributed by atoms with Crippen molar-refractivity contribution in [2.24, 2.45) is 0 Å². The summed E-state index contributed by atoms with van der Waals surface area (Å²) in [5.41, 5.74) is 10.0. The number of phenols is 1. The van der Waals surface area contributed by atoms with Crippen LogP contribution in [0.1, 0.15) is 22.6 Å². The van der Waals surface area contributed by atoms with Gasteiger partial charge in [0.15, 0.2) is 0 Å². The fraction of sp³-hybridized carbons (Fsp3) is 0.0526. The number of hydrogen-bond acceptors (Lipinski definition) is 2. The van der Waals surface area contributed by atoms with Crippen molar-refractivity contribution in [3.05, 3.63) is 95.6 Å². The maximum Gasteiger partial charge on any atom is 0.115 e. The molecule has 0 saturated heterocycles. The Morgan fingerprint density at radius 1 is 0.667 bits per heavy atom. The van der Waals surface area contributed by atoms with E-state index in [2.05, 4.69) is 18.2 Å². The van der Waals surface area contributed by atoms with Crippen LogP contribution in [0.3, 0.4) is 0 Å². The molecule has 1 unspecified atom stereocenters. The van der Waals surface area contributed by atoms with Crippen molar-refractivity contribution in [2.75, 3.05) is 5.73 Å². The topological polar surface area (TPSA) is 46.2 Å². The smallest absolute Gasteiger partial charge is 0.115 e. The van der Waals surface area contributed by atoms with Gasteiger partial charge in [-0.25, -0.2) is 0 Å². The van der Waals surface area contributed by atoms with Crippen molar-refractivity contribution < 1.29 is 5.11 Å². The van der Waals surface area contributed by atoms with Gasteiger partial charge in [-0.3, -0.25) is 0 Å². The highest BCUT2D eigenvalue weighted by Crippen LogP contribution is 2.33. The van der Waals surface area contributed by atoms with Crippen LogP contribution in [0.25, 0.3) is 0 Å². The van der Waals surface area contributed by atoms with Gasteiger partial charge in [0.05, 0.1) is 0 Å². The Morgan fingerprint density at radius 2 is 1.29 bits per heavy atom. The summed E-state index contributed by atoms with van der Waals surface area (Å²) < 4.78 is 0. The Balaban J connectivity index is 2.16. The summed E-state index contributed by atoms with van der Waals surface area (Å²) in [5.74, 6) is 0.333. The van der Waals surface area contributed by atoms with Crippen LogP contribution in [-0.2, 0) is 0 Å². The van der Waals surface area contributed by atoms with Crippen LogP contribution in [0.4, 0.5) is 5.69 Å². The minimum Gasteiger partial charge on any atom is -0.508 e. The first-order valence-electron chi connectivity index (χ1n) is 6.93. The summed E-state index contributed by atoms with van der Waals surface area (Å²) in [6, 6.07) is 25.5. The molecule has 21 heavy (non-hydrogen) atoms. The molecule has 3 aromatic carbocycles. The van der Waals surface area contributed by atoms with Crippen molar-refractivity contribution >= 4 is 5.69 Å². The third-order valence-corrected chi connectivity index (χ3v) is 3.58. The first-order chi connectivity index (χ1) is 10.2. The largest absolute Gasteiger partial charge is 0.508 e. The van der Waals surface area contributed by atoms with E-state index >= 15 is 0 Å². The van der Waals surface area contributed by atoms with E-state index in [0.29, 0.717) is 0 Å². The number of nitrogen functional groups attached to an aromatic ring is 1. The van der Waals surface area contributed by atoms with Gasteiger partial charge < -0.3 is 10.8 Å². The number of phenolic OH excluding ortho intramolecular Hbond substituents is 1. The van der Waals surface area contributed by atoms with E-state index in [-0.39, 0.29) is 11.7 Å². The molecule has 0 spiro atoms. The molecule has 2 nitrogen and oxygen atoms in total. The lowest BCUT2D eigenvalue weighted by Crippen LogP contribution is -2.03. The first kappa shape index (κ1) is 13.3. The van der Waals surface area contributed by atoms with Crippen LogP contribution >= 0.6 is 0 Å². The minimum absolute atomic E-state index is 0.0572. The van der Waals surface area contributed by atoms with Crippen molar-refractivity contribution in [3.8, 4) is 5.75 Å². The number of anilines is 1. The molecule has 3 N–H and O–H groups in total. The Morgan fingerprint density at radius 3 is 1.95 bits per heavy atom. The quantitative estimate of drug-likeness (QED) is 0.557. The fourth-order valence-electron chi connectivity index (χ4n) is 2.67. The zero-order chi connectivity index (χ0) is 14.7. The molecule has 0 fully saturated rings. The lowest BCUT2D eigenvalue weighted by Gasteiger charge is -2.19. The lowest BCUT2D eigenvalue weighted by atomic mass is 9.85. The molecular weight excluding hydrogens is 258 g/mol. The average Bonchev–Trinajstić information content (AvgIpc) is 2.49. The van der Waals surface area contributed by atoms with Gasteiger partial charge in [-0.1, -0.05) is 54.6 Å². The highest BCUT2D eigenvalue weighted by molar-refractivity contribution is 5.50. The van der Waals surface area contributed by atoms with Crippen molar-refractivity contribution in [1.29, 1.82) is 0 Å². The molecular formula is C19H17NO. The Labute approximate surface area is 124 Å². The van der Waals surface area contributed by atoms with Crippen LogP contribution in [0, 0.1) is 0 Å². The van der Waals surface area contributed by atoms with Crippen LogP contribution in [0.15, 0.2) is 78.9 Å². The number of hydrogen-bond donors (Lipinski definition) is 2. The molecule has 0 aliphatic rings. The number of rotatable bonds is 3. The van der Waals surface area contributed by atoms with Gasteiger partial charge in [-0.2, -0.15) is 0 Å². The van der Waals surface area contributed by atoms with E-state index in [9.17, 15) is 5.11 Å². The number of aromatic hydroxyl groups is 1. The van der Waals surface area contributed by atoms with Crippen LogP contribution < -0.4 is 5.73 Å². The van der Waals surface area contributed by atoms with Crippen molar-refractivity contribution in [1.82, 2.24) is 0 Å². The molecule has 104 valence electrons. The number of benzene rings is 3. The van der Waals surface area contributed by atoms with Crippen molar-refractivity contribution in [3.63, 3.8) is 0 Å². The zero-order valence-corrected chi connectivity index (χ0v) is 11.6. The summed E-state index contributed by atoms with van der Waals surface area (Å²) in [4.78, 5) is 0. The first-order valence-corrected chi connectivity index (χ1v) is 6.93. The molecule has 0 amide bonds. The fourth-order valence-corrected chi connectivity index (χ4v) is 2.67. The third-order valence-electron chi connectivity index (χ3n) is 3.58. The lowest BCUT2D eigenvalue weighted by molar-refractivity contribution is 0.474. The van der Waals surface area contributed by atoms with Crippen molar-refractivity contribution in [2.45, 2.75) is 5.92 Å². The second-order valence-electron chi connectivity index (χ2n) is 5.11. The summed E-state index contributed by atoms with van der Waals surface area (Å²) >= 11 is 0. The van der Waals surface area contributed by atoms with E-state index in [4.69, 9.17) is 5.73 Å². The second-order valence-corrected chi connectivity index (χ2v) is 5.11. The highest BCUT2D eigenvalue weighted by Gasteiger charge is 2.17. The summed E-state index contributed by atoms with van der Waals surface area (Å²) in [6.45, 7) is 0. The molecule has 0 saturated carbocycles. The monoisotopic (exact) mass is 275 g/mol. The van der Waals surface area contributed by atoms with Crippen LogP contribution in [-0.4, -0.2) is 5.11 Å². The maximum absolute atomic E-state index is 9.79. The van der Waals surface area contributed by atoms with Gasteiger partial charge in [-0.15, -0.1) is 0 Å². The van der Waals surface area contributed by atoms with Gasteiger partial charge in [0.1, 0.15) is 5.75 Å². The normalized spacial score (nSPS) is 12.0. The molecule has 3 aromatic rings. The van der Waals surface area contributed by atoms with Gasteiger partial charge in [-0.05, 0) is 41.0 Å². The zero-order valence-electron chi connectivity index (χ0n) is 11.6. The standard InChI is InChI=1S/C19H17NO/c20-17-10-4-8-15(12-17)19(14-6-2-1-3-7-14)16-9-5-11-18(21)13-16/h1-13,19,21H,20H2. The average molecular weight is 275 g/mol.